The summed E-state index contributed by atoms with van der Waals surface area (Å²) in [6.45, 7) is 4.92. The minimum absolute atomic E-state index is 0.144. The molecule has 0 spiro atoms. The van der Waals surface area contributed by atoms with Crippen LogP contribution in [0.15, 0.2) is 22.7 Å². The molecular formula is C13H20BrNO2. The fourth-order valence-corrected chi connectivity index (χ4v) is 2.05. The molecule has 1 atom stereocenters. The molecule has 1 aromatic rings. The molecule has 0 amide bonds. The molecule has 1 rings (SSSR count). The average Bonchev–Trinajstić information content (AvgIpc) is 2.32. The number of methoxy groups -OCH3 is 2. The van der Waals surface area contributed by atoms with E-state index in [1.165, 1.54) is 11.1 Å². The zero-order valence-corrected chi connectivity index (χ0v) is 12.4. The highest BCUT2D eigenvalue weighted by Gasteiger charge is 2.14. The Hall–Kier alpha value is -0.420. The summed E-state index contributed by atoms with van der Waals surface area (Å²) < 4.78 is 11.5. The summed E-state index contributed by atoms with van der Waals surface area (Å²) >= 11 is 3.53. The van der Waals surface area contributed by atoms with E-state index >= 15 is 0 Å². The van der Waals surface area contributed by atoms with Crippen molar-refractivity contribution in [3.05, 3.63) is 33.8 Å². The summed E-state index contributed by atoms with van der Waals surface area (Å²) in [7, 11) is 3.30. The SMILES string of the molecule is COC(OC)C(C)NCc1ccc(C)c(Br)c1. The highest BCUT2D eigenvalue weighted by atomic mass is 79.9. The molecule has 17 heavy (non-hydrogen) atoms. The van der Waals surface area contributed by atoms with Crippen LogP contribution in [-0.4, -0.2) is 26.6 Å². The number of ether oxygens (including phenoxy) is 2. The maximum atomic E-state index is 5.20. The van der Waals surface area contributed by atoms with Gasteiger partial charge in [0.1, 0.15) is 0 Å². The van der Waals surface area contributed by atoms with Crippen LogP contribution in [0.1, 0.15) is 18.1 Å². The summed E-state index contributed by atoms with van der Waals surface area (Å²) in [5, 5.41) is 3.38. The van der Waals surface area contributed by atoms with Gasteiger partial charge in [-0.3, -0.25) is 0 Å². The van der Waals surface area contributed by atoms with E-state index in [-0.39, 0.29) is 12.3 Å². The Morgan fingerprint density at radius 3 is 2.47 bits per heavy atom. The molecule has 0 aliphatic heterocycles. The predicted octanol–water partition coefficient (Wildman–Crippen LogP) is 2.85. The van der Waals surface area contributed by atoms with Crippen molar-refractivity contribution in [2.75, 3.05) is 14.2 Å². The maximum absolute atomic E-state index is 5.20. The minimum Gasteiger partial charge on any atom is -0.354 e. The van der Waals surface area contributed by atoms with Crippen LogP contribution < -0.4 is 5.32 Å². The zero-order valence-electron chi connectivity index (χ0n) is 10.8. The van der Waals surface area contributed by atoms with Crippen LogP contribution >= 0.6 is 15.9 Å². The van der Waals surface area contributed by atoms with E-state index in [1.807, 2.05) is 6.92 Å². The highest BCUT2D eigenvalue weighted by Crippen LogP contribution is 2.17. The fourth-order valence-electron chi connectivity index (χ4n) is 1.63. The Morgan fingerprint density at radius 1 is 1.29 bits per heavy atom. The van der Waals surface area contributed by atoms with Gasteiger partial charge in [-0.25, -0.2) is 0 Å². The monoisotopic (exact) mass is 301 g/mol. The topological polar surface area (TPSA) is 30.5 Å². The van der Waals surface area contributed by atoms with Crippen LogP contribution in [0, 0.1) is 6.92 Å². The molecule has 0 heterocycles. The molecule has 0 saturated heterocycles. The van der Waals surface area contributed by atoms with Crippen LogP contribution in [0.5, 0.6) is 0 Å². The van der Waals surface area contributed by atoms with Gasteiger partial charge in [0.2, 0.25) is 0 Å². The number of rotatable bonds is 6. The van der Waals surface area contributed by atoms with E-state index in [2.05, 4.69) is 46.4 Å². The number of benzene rings is 1. The number of hydrogen-bond acceptors (Lipinski definition) is 3. The van der Waals surface area contributed by atoms with Crippen LogP contribution in [-0.2, 0) is 16.0 Å². The van der Waals surface area contributed by atoms with Crippen LogP contribution in [0.2, 0.25) is 0 Å². The van der Waals surface area contributed by atoms with Gasteiger partial charge in [0.15, 0.2) is 6.29 Å². The smallest absolute Gasteiger partial charge is 0.171 e. The first-order valence-corrected chi connectivity index (χ1v) is 6.41. The lowest BCUT2D eigenvalue weighted by Gasteiger charge is -2.22. The van der Waals surface area contributed by atoms with E-state index in [9.17, 15) is 0 Å². The van der Waals surface area contributed by atoms with Crippen molar-refractivity contribution < 1.29 is 9.47 Å². The average molecular weight is 302 g/mol. The molecule has 0 aromatic heterocycles. The first-order valence-electron chi connectivity index (χ1n) is 5.62. The van der Waals surface area contributed by atoms with Crippen LogP contribution in [0.4, 0.5) is 0 Å². The summed E-state index contributed by atoms with van der Waals surface area (Å²) in [4.78, 5) is 0. The Morgan fingerprint density at radius 2 is 1.94 bits per heavy atom. The van der Waals surface area contributed by atoms with Gasteiger partial charge in [-0.1, -0.05) is 28.1 Å². The van der Waals surface area contributed by atoms with Gasteiger partial charge in [0.25, 0.3) is 0 Å². The first-order chi connectivity index (χ1) is 8.08. The number of nitrogens with one attached hydrogen (secondary N) is 1. The molecule has 3 nitrogen and oxygen atoms in total. The van der Waals surface area contributed by atoms with Gasteiger partial charge in [0.05, 0.1) is 6.04 Å². The largest absolute Gasteiger partial charge is 0.354 e. The maximum Gasteiger partial charge on any atom is 0.171 e. The number of hydrogen-bond donors (Lipinski definition) is 1. The van der Waals surface area contributed by atoms with Gasteiger partial charge in [-0.15, -0.1) is 0 Å². The Balaban J connectivity index is 2.52. The molecule has 4 heteroatoms. The van der Waals surface area contributed by atoms with E-state index in [4.69, 9.17) is 9.47 Å². The van der Waals surface area contributed by atoms with Crippen molar-refractivity contribution in [1.82, 2.24) is 5.32 Å². The van der Waals surface area contributed by atoms with Gasteiger partial charge >= 0.3 is 0 Å². The molecule has 1 aromatic carbocycles. The van der Waals surface area contributed by atoms with Crippen molar-refractivity contribution in [2.45, 2.75) is 32.7 Å². The normalized spacial score (nSPS) is 13.1. The van der Waals surface area contributed by atoms with Gasteiger partial charge in [0, 0.05) is 25.2 Å². The second-order valence-electron chi connectivity index (χ2n) is 4.09. The van der Waals surface area contributed by atoms with E-state index in [0.29, 0.717) is 0 Å². The molecule has 0 radical (unpaired) electrons. The van der Waals surface area contributed by atoms with Gasteiger partial charge in [-0.2, -0.15) is 0 Å². The summed E-state index contributed by atoms with van der Waals surface area (Å²) in [6, 6.07) is 6.50. The van der Waals surface area contributed by atoms with Crippen molar-refractivity contribution in [3.8, 4) is 0 Å². The van der Waals surface area contributed by atoms with E-state index in [1.54, 1.807) is 14.2 Å². The Kier molecular flexibility index (Phi) is 6.12. The van der Waals surface area contributed by atoms with E-state index < -0.39 is 0 Å². The van der Waals surface area contributed by atoms with Crippen molar-refractivity contribution in [3.63, 3.8) is 0 Å². The number of halogens is 1. The van der Waals surface area contributed by atoms with Crippen molar-refractivity contribution in [1.29, 1.82) is 0 Å². The molecule has 0 aliphatic rings. The third-order valence-electron chi connectivity index (χ3n) is 2.74. The second-order valence-corrected chi connectivity index (χ2v) is 4.95. The van der Waals surface area contributed by atoms with Crippen molar-refractivity contribution in [2.24, 2.45) is 0 Å². The summed E-state index contributed by atoms with van der Waals surface area (Å²) in [5.74, 6) is 0. The molecule has 0 aliphatic carbocycles. The van der Waals surface area contributed by atoms with Gasteiger partial charge < -0.3 is 14.8 Å². The second kappa shape index (κ2) is 7.11. The number of aryl methyl sites for hydroxylation is 1. The Bertz CT molecular complexity index is 353. The lowest BCUT2D eigenvalue weighted by Crippen LogP contribution is -2.39. The lowest BCUT2D eigenvalue weighted by molar-refractivity contribution is -0.119. The molecule has 1 unspecified atom stereocenters. The summed E-state index contributed by atoms with van der Waals surface area (Å²) in [5.41, 5.74) is 2.48. The van der Waals surface area contributed by atoms with Crippen LogP contribution in [0.25, 0.3) is 0 Å². The predicted molar refractivity (Wildman–Crippen MR) is 73.0 cm³/mol. The zero-order chi connectivity index (χ0) is 12.8. The highest BCUT2D eigenvalue weighted by molar-refractivity contribution is 9.10. The Labute approximate surface area is 112 Å². The van der Waals surface area contributed by atoms with Crippen molar-refractivity contribution >= 4 is 15.9 Å². The molecule has 96 valence electrons. The lowest BCUT2D eigenvalue weighted by atomic mass is 10.1. The molecule has 1 N–H and O–H groups in total. The standard InChI is InChI=1S/C13H20BrNO2/c1-9-5-6-11(7-12(9)14)8-15-10(2)13(16-3)17-4/h5-7,10,13,15H,8H2,1-4H3. The molecule has 0 bridgehead atoms. The third kappa shape index (κ3) is 4.39. The van der Waals surface area contributed by atoms with Crippen LogP contribution in [0.3, 0.4) is 0 Å². The summed E-state index contributed by atoms with van der Waals surface area (Å²) in [6.07, 6.45) is -0.219. The first kappa shape index (κ1) is 14.6. The molecule has 0 fully saturated rings. The molecular weight excluding hydrogens is 282 g/mol. The minimum atomic E-state index is -0.219. The molecule has 0 saturated carbocycles. The third-order valence-corrected chi connectivity index (χ3v) is 3.59. The van der Waals surface area contributed by atoms with E-state index in [0.717, 1.165) is 11.0 Å². The fraction of sp³-hybridized carbons (Fsp3) is 0.538. The quantitative estimate of drug-likeness (QED) is 0.820. The van der Waals surface area contributed by atoms with Gasteiger partial charge in [-0.05, 0) is 31.0 Å².